The summed E-state index contributed by atoms with van der Waals surface area (Å²) in [7, 11) is 19.1. The van der Waals surface area contributed by atoms with Crippen molar-refractivity contribution >= 4 is 0 Å². The molecule has 0 saturated heterocycles. The van der Waals surface area contributed by atoms with Crippen LogP contribution in [0.4, 0.5) is 0 Å². The van der Waals surface area contributed by atoms with Gasteiger partial charge in [-0.15, -0.1) is 0 Å². The van der Waals surface area contributed by atoms with Gasteiger partial charge in [0.25, 0.3) is 0 Å². The number of likely N-dealkylation sites (N-methyl/N-ethyl adjacent to an activating group) is 10. The summed E-state index contributed by atoms with van der Waals surface area (Å²) in [5.41, 5.74) is 0. The van der Waals surface area contributed by atoms with E-state index in [0.717, 1.165) is 154 Å². The van der Waals surface area contributed by atoms with Crippen molar-refractivity contribution in [2.45, 2.75) is 251 Å². The maximum atomic E-state index is 5.35. The molecular weight excluding hydrogens is 1590 g/mol. The molecule has 0 fully saturated rings. The van der Waals surface area contributed by atoms with Crippen LogP contribution in [0.25, 0.3) is 0 Å². The van der Waals surface area contributed by atoms with E-state index in [4.69, 9.17) is 73.1 Å². The van der Waals surface area contributed by atoms with Gasteiger partial charge in [0.2, 0.25) is 0 Å². The Hall–Kier alpha value is -6.44. The minimum absolute atomic E-state index is 0.639. The first-order valence-corrected chi connectivity index (χ1v) is 49.6. The Balaban J connectivity index is -0.000000150. The van der Waals surface area contributed by atoms with Gasteiger partial charge in [0.1, 0.15) is 180 Å². The SMILES string of the molecule is C#COCC[N+](C)(C)C.C#COCC[N+](CC)(CC)CC.C#COCC[N+](CC)(CCC)CCC.C#COCC[N+](CC)(CCC)CCCC.C/C=C/OCC[N+](C)(C)C.C/C=C/OCC[N+](CC)(CC)CC.CC#COCC[N+](C)(C)C.CC#COCC[N+](CC)(CC)CC.CC#COCC[N+](CC)(CCC)CCC.CC#COCC[N+](CC)(CCC)CCCC. The summed E-state index contributed by atoms with van der Waals surface area (Å²) in [4.78, 5) is 0. The van der Waals surface area contributed by atoms with E-state index in [1.54, 1.807) is 33.3 Å². The maximum Gasteiger partial charge on any atom is 0.149 e. The van der Waals surface area contributed by atoms with Crippen LogP contribution in [0.2, 0.25) is 0 Å². The first kappa shape index (κ1) is 141. The molecule has 2 atom stereocenters. The second-order valence-corrected chi connectivity index (χ2v) is 35.5. The summed E-state index contributed by atoms with van der Waals surface area (Å²) in [6, 6.07) is 0. The van der Waals surface area contributed by atoms with Crippen LogP contribution in [-0.2, 0) is 47.4 Å². The zero-order valence-electron chi connectivity index (χ0n) is 91.2. The summed E-state index contributed by atoms with van der Waals surface area (Å²) >= 11 is 0. The number of unbranched alkanes of at least 4 members (excludes halogenated alkanes) is 2. The quantitative estimate of drug-likeness (QED) is 0.0254. The Bertz CT molecular complexity index is 2800. The van der Waals surface area contributed by atoms with Crippen LogP contribution in [0.15, 0.2) is 24.7 Å². The lowest BCUT2D eigenvalue weighted by Crippen LogP contribution is -2.51. The number of terminal acetylenes is 4. The minimum Gasteiger partial charge on any atom is -0.496 e. The molecule has 0 bridgehead atoms. The average Bonchev–Trinajstić information content (AvgIpc) is 0.895. The number of ether oxygens (including phenoxy) is 10. The van der Waals surface area contributed by atoms with Crippen molar-refractivity contribution < 1.29 is 92.2 Å². The molecule has 0 aliphatic heterocycles. The van der Waals surface area contributed by atoms with Crippen LogP contribution >= 0.6 is 0 Å². The second kappa shape index (κ2) is 98.6. The monoisotopic (exact) mass is 1800 g/mol. The maximum absolute atomic E-state index is 5.35. The number of nitrogens with zero attached hydrogens (tertiary/aromatic N) is 10. The first-order chi connectivity index (χ1) is 60.4. The van der Waals surface area contributed by atoms with Crippen molar-refractivity contribution in [1.82, 2.24) is 0 Å². The summed E-state index contributed by atoms with van der Waals surface area (Å²) in [5, 5.41) is 0. The van der Waals surface area contributed by atoms with Gasteiger partial charge in [-0.1, -0.05) is 130 Å². The van der Waals surface area contributed by atoms with E-state index in [2.05, 4.69) is 281 Å². The molecule has 0 heterocycles. The fraction of sp³-hybridized carbons (Fsp3) is 0.813. The highest BCUT2D eigenvalue weighted by molar-refractivity contribution is 4.86. The third-order valence-corrected chi connectivity index (χ3v) is 23.7. The fourth-order valence-electron chi connectivity index (χ4n) is 14.2. The number of quaternary nitrogens is 10. The van der Waals surface area contributed by atoms with E-state index >= 15 is 0 Å². The molecule has 0 rings (SSSR count). The van der Waals surface area contributed by atoms with Crippen molar-refractivity contribution in [2.24, 2.45) is 0 Å². The lowest BCUT2D eigenvalue weighted by molar-refractivity contribution is -0.927. The van der Waals surface area contributed by atoms with Crippen molar-refractivity contribution in [3.63, 3.8) is 0 Å². The minimum atomic E-state index is 0.639. The highest BCUT2D eigenvalue weighted by Gasteiger charge is 2.28. The van der Waals surface area contributed by atoms with Crippen molar-refractivity contribution in [2.75, 3.05) is 332 Å². The summed E-state index contributed by atoms with van der Waals surface area (Å²) in [6.45, 7) is 101. The van der Waals surface area contributed by atoms with Gasteiger partial charge in [-0.05, 0) is 155 Å². The lowest BCUT2D eigenvalue weighted by Gasteiger charge is -2.37. The topological polar surface area (TPSA) is 92.3 Å². The molecule has 0 spiro atoms. The van der Waals surface area contributed by atoms with Crippen LogP contribution in [-0.4, -0.2) is 377 Å². The largest absolute Gasteiger partial charge is 0.496 e. The van der Waals surface area contributed by atoms with E-state index in [1.807, 2.05) is 32.9 Å². The predicted octanol–water partition coefficient (Wildman–Crippen LogP) is 18.5. The van der Waals surface area contributed by atoms with Gasteiger partial charge in [0.15, 0.2) is 0 Å². The molecule has 20 heteroatoms. The van der Waals surface area contributed by atoms with Gasteiger partial charge in [0.05, 0.1) is 213 Å². The average molecular weight is 1800 g/mol. The van der Waals surface area contributed by atoms with Gasteiger partial charge in [-0.2, -0.15) is 0 Å². The normalized spacial score (nSPS) is 11.7. The fourth-order valence-corrected chi connectivity index (χ4v) is 14.2. The Morgan fingerprint density at radius 1 is 0.205 bits per heavy atom. The standard InChI is InChI=1S/C14H28NO.2C13H26NO.C12H24NO.C11H24NO.C11H22NO.C10H20NO.C8H18NO.C8H16NO.C7H14NO/c1-5-9-11-15(8-4,10-6-2)12-14-16-13-7-3;1-5-9-14(8-4,10-6-2)11-13-15-12-7-3;1-5-9-11-14(7-3,10-6-2)12-13-15-8-4;1-5-9-13(7-3,10-6-2)11-12-14-8-4;2*1-5-10-13-11-9-12(6-2,7-3)8-4;1-5-11(6-2,7-3)9-10-12-8-4;2*1-5-7-10-8-6-9(2,3)4;1-5-9-7-6-8(2,3)4/h5-6,8-12,14H2,1-4H3;5-6,8-11,13H2,1-4H3;4H,5-7,9-13H2,1-3H3;4H,5-7,9-12H2,1-3H3;5,10H,6-9,11H2,1-4H3;6-9,11H2,1-4H3;4H,5-7,9-10H2,1-3H3;5,7H,6,8H2,1-4H3;6,8H2,1-4H3;1H,6-7H2,2-4H3/q10*+1/b;;;;10-5+;;;7-5+;;. The van der Waals surface area contributed by atoms with Crippen LogP contribution in [0.3, 0.4) is 0 Å². The smallest absolute Gasteiger partial charge is 0.149 e. The van der Waals surface area contributed by atoms with Crippen LogP contribution in [0, 0.1) is 98.2 Å². The summed E-state index contributed by atoms with van der Waals surface area (Å²) < 4.78 is 61.7. The summed E-state index contributed by atoms with van der Waals surface area (Å²) in [6.07, 6.45) is 59.3. The number of hydrogen-bond donors (Lipinski definition) is 0. The van der Waals surface area contributed by atoms with E-state index < -0.39 is 0 Å². The van der Waals surface area contributed by atoms with Gasteiger partial charge in [-0.25, -0.2) is 0 Å². The molecule has 746 valence electrons. The Kier molecular flexibility index (Phi) is 109. The molecule has 0 saturated carbocycles. The van der Waals surface area contributed by atoms with Crippen molar-refractivity contribution in [3.8, 4) is 98.2 Å². The third-order valence-electron chi connectivity index (χ3n) is 23.7. The van der Waals surface area contributed by atoms with Gasteiger partial charge in [0, 0.05) is 27.7 Å². The number of allylic oxidation sites excluding steroid dienone is 2. The van der Waals surface area contributed by atoms with Crippen LogP contribution in [0.1, 0.15) is 251 Å². The summed E-state index contributed by atoms with van der Waals surface area (Å²) in [5.74, 6) is 10.9. The molecule has 0 amide bonds. The van der Waals surface area contributed by atoms with Crippen molar-refractivity contribution in [3.05, 3.63) is 24.7 Å². The zero-order chi connectivity index (χ0) is 99.4. The molecule has 2 unspecified atom stereocenters. The molecule has 0 aromatic carbocycles. The van der Waals surface area contributed by atoms with E-state index in [-0.39, 0.29) is 0 Å². The first-order valence-electron chi connectivity index (χ1n) is 49.6. The van der Waals surface area contributed by atoms with E-state index in [0.29, 0.717) is 33.0 Å². The third kappa shape index (κ3) is 94.0. The Morgan fingerprint density at radius 2 is 0.370 bits per heavy atom. The predicted molar refractivity (Wildman–Crippen MR) is 550 cm³/mol. The van der Waals surface area contributed by atoms with Gasteiger partial charge in [-0.3, -0.25) is 0 Å². The molecule has 0 N–H and O–H groups in total. The highest BCUT2D eigenvalue weighted by Crippen LogP contribution is 2.15. The van der Waals surface area contributed by atoms with Gasteiger partial charge < -0.3 is 92.2 Å². The number of hydrogen-bond acceptors (Lipinski definition) is 10. The van der Waals surface area contributed by atoms with E-state index in [9.17, 15) is 0 Å². The molecule has 0 aromatic heterocycles. The second-order valence-electron chi connectivity index (χ2n) is 35.5. The molecule has 0 aromatic rings. The molecule has 127 heavy (non-hydrogen) atoms. The molecule has 20 nitrogen and oxygen atoms in total. The van der Waals surface area contributed by atoms with E-state index in [1.165, 1.54) is 191 Å². The molecule has 0 aliphatic rings. The Labute approximate surface area is 794 Å². The molecule has 0 radical (unpaired) electrons. The number of rotatable bonds is 63. The van der Waals surface area contributed by atoms with Crippen LogP contribution < -0.4 is 0 Å². The van der Waals surface area contributed by atoms with Crippen LogP contribution in [0.5, 0.6) is 0 Å². The zero-order valence-corrected chi connectivity index (χ0v) is 91.2. The highest BCUT2D eigenvalue weighted by atomic mass is 16.5. The van der Waals surface area contributed by atoms with Crippen molar-refractivity contribution in [1.29, 1.82) is 0 Å². The molecular formula is C107H218N10O10+10. The van der Waals surface area contributed by atoms with Gasteiger partial charge >= 0.3 is 0 Å². The Morgan fingerprint density at radius 3 is 0.543 bits per heavy atom. The molecule has 0 aliphatic carbocycles. The lowest BCUT2D eigenvalue weighted by atomic mass is 10.2.